The summed E-state index contributed by atoms with van der Waals surface area (Å²) in [6, 6.07) is 9.11. The van der Waals surface area contributed by atoms with Crippen LogP contribution in [0.4, 0.5) is 0 Å². The molecule has 0 radical (unpaired) electrons. The van der Waals surface area contributed by atoms with E-state index >= 15 is 0 Å². The van der Waals surface area contributed by atoms with Gasteiger partial charge < -0.3 is 13.8 Å². The van der Waals surface area contributed by atoms with Crippen molar-refractivity contribution >= 4 is 19.6 Å². The third kappa shape index (κ3) is 6.30. The van der Waals surface area contributed by atoms with Gasteiger partial charge in [-0.2, -0.15) is 0 Å². The molecule has 128 valence electrons. The Labute approximate surface area is 138 Å². The molecule has 0 atom stereocenters. The second kappa shape index (κ2) is 9.02. The summed E-state index contributed by atoms with van der Waals surface area (Å²) in [5.41, 5.74) is 0.718. The van der Waals surface area contributed by atoms with Gasteiger partial charge in [-0.3, -0.25) is 4.57 Å². The van der Waals surface area contributed by atoms with Crippen molar-refractivity contribution in [3.63, 3.8) is 0 Å². The number of ether oxygens (including phenoxy) is 1. The lowest BCUT2D eigenvalue weighted by Gasteiger charge is -2.24. The van der Waals surface area contributed by atoms with E-state index in [0.717, 1.165) is 5.56 Å². The molecule has 0 N–H and O–H groups in total. The molecule has 0 saturated carbocycles. The Bertz CT molecular complexity index is 564. The van der Waals surface area contributed by atoms with Crippen molar-refractivity contribution in [1.29, 1.82) is 0 Å². The van der Waals surface area contributed by atoms with Crippen molar-refractivity contribution in [2.24, 2.45) is 0 Å². The molecule has 0 heterocycles. The monoisotopic (exact) mass is 340 g/mol. The van der Waals surface area contributed by atoms with Crippen LogP contribution in [0.15, 0.2) is 35.6 Å². The molecule has 0 aliphatic rings. The van der Waals surface area contributed by atoms with Gasteiger partial charge in [0, 0.05) is 0 Å². The van der Waals surface area contributed by atoms with Crippen LogP contribution >= 0.6 is 7.60 Å². The maximum Gasteiger partial charge on any atom is 0.369 e. The Hall–Kier alpha value is -1.42. The van der Waals surface area contributed by atoms with E-state index in [4.69, 9.17) is 13.8 Å². The summed E-state index contributed by atoms with van der Waals surface area (Å²) in [5, 5.41) is -0.0899. The topological polar surface area (TPSA) is 61.8 Å². The summed E-state index contributed by atoms with van der Waals surface area (Å²) in [7, 11) is -3.81. The Morgan fingerprint density at radius 1 is 1.09 bits per heavy atom. The number of hydrogen-bond donors (Lipinski definition) is 0. The molecule has 1 rings (SSSR count). The molecular formula is C17H25O5P. The summed E-state index contributed by atoms with van der Waals surface area (Å²) in [4.78, 5) is 12.3. The van der Waals surface area contributed by atoms with E-state index in [2.05, 4.69) is 0 Å². The molecule has 5 nitrogen and oxygen atoms in total. The molecule has 0 amide bonds. The number of benzene rings is 1. The van der Waals surface area contributed by atoms with Crippen molar-refractivity contribution in [2.75, 3.05) is 6.61 Å². The second-order valence-electron chi connectivity index (χ2n) is 5.47. The lowest BCUT2D eigenvalue weighted by molar-refractivity contribution is -0.137. The molecule has 0 unspecified atom stereocenters. The fraction of sp³-hybridized carbons (Fsp3) is 0.471. The Morgan fingerprint density at radius 2 is 1.61 bits per heavy atom. The van der Waals surface area contributed by atoms with E-state index in [1.54, 1.807) is 46.8 Å². The number of esters is 1. The van der Waals surface area contributed by atoms with Gasteiger partial charge in [0.05, 0.1) is 18.8 Å². The third-order valence-corrected chi connectivity index (χ3v) is 4.88. The van der Waals surface area contributed by atoms with Crippen LogP contribution in [0.3, 0.4) is 0 Å². The smallest absolute Gasteiger partial charge is 0.369 e. The SMILES string of the molecule is CCOC(=O)/C(=C\c1ccccc1)P(=O)(OC(C)C)OC(C)C. The molecular weight excluding hydrogens is 315 g/mol. The zero-order valence-corrected chi connectivity index (χ0v) is 15.2. The fourth-order valence-corrected chi connectivity index (χ4v) is 3.84. The summed E-state index contributed by atoms with van der Waals surface area (Å²) in [5.74, 6) is -0.694. The summed E-state index contributed by atoms with van der Waals surface area (Å²) in [6.07, 6.45) is 0.769. The summed E-state index contributed by atoms with van der Waals surface area (Å²) < 4.78 is 29.3. The van der Waals surface area contributed by atoms with Crippen LogP contribution in [0.1, 0.15) is 40.2 Å². The van der Waals surface area contributed by atoms with Crippen LogP contribution in [0.25, 0.3) is 6.08 Å². The van der Waals surface area contributed by atoms with E-state index in [9.17, 15) is 9.36 Å². The highest BCUT2D eigenvalue weighted by atomic mass is 31.2. The fourth-order valence-electron chi connectivity index (χ4n) is 1.86. The van der Waals surface area contributed by atoms with Gasteiger partial charge in [0.2, 0.25) is 0 Å². The van der Waals surface area contributed by atoms with Crippen LogP contribution in [0.5, 0.6) is 0 Å². The van der Waals surface area contributed by atoms with Gasteiger partial charge in [-0.1, -0.05) is 30.3 Å². The van der Waals surface area contributed by atoms with Crippen LogP contribution in [-0.2, 0) is 23.1 Å². The van der Waals surface area contributed by atoms with E-state index in [-0.39, 0.29) is 24.1 Å². The van der Waals surface area contributed by atoms with Crippen molar-refractivity contribution in [1.82, 2.24) is 0 Å². The number of rotatable bonds is 8. The van der Waals surface area contributed by atoms with E-state index in [1.165, 1.54) is 6.08 Å². The number of carbonyl (C=O) groups is 1. The van der Waals surface area contributed by atoms with Crippen molar-refractivity contribution in [3.05, 3.63) is 41.2 Å². The van der Waals surface area contributed by atoms with E-state index in [1.807, 2.05) is 18.2 Å². The minimum absolute atomic E-state index is 0.0899. The lowest BCUT2D eigenvalue weighted by Crippen LogP contribution is -2.15. The molecule has 0 fully saturated rings. The molecule has 0 aliphatic heterocycles. The van der Waals surface area contributed by atoms with Crippen LogP contribution < -0.4 is 0 Å². The minimum Gasteiger partial charge on any atom is -0.462 e. The number of carbonyl (C=O) groups excluding carboxylic acids is 1. The molecule has 0 aromatic heterocycles. The normalized spacial score (nSPS) is 12.7. The van der Waals surface area contributed by atoms with Gasteiger partial charge in [-0.25, -0.2) is 4.79 Å². The first kappa shape index (κ1) is 19.6. The third-order valence-electron chi connectivity index (χ3n) is 2.58. The van der Waals surface area contributed by atoms with Crippen molar-refractivity contribution < 1.29 is 23.1 Å². The van der Waals surface area contributed by atoms with Gasteiger partial charge in [-0.15, -0.1) is 0 Å². The Balaban J connectivity index is 3.36. The van der Waals surface area contributed by atoms with Crippen LogP contribution in [0.2, 0.25) is 0 Å². The summed E-state index contributed by atoms with van der Waals surface area (Å²) in [6.45, 7) is 8.82. The Morgan fingerprint density at radius 3 is 2.04 bits per heavy atom. The first-order valence-corrected chi connectivity index (χ1v) is 9.24. The predicted octanol–water partition coefficient (Wildman–Crippen LogP) is 4.63. The van der Waals surface area contributed by atoms with Gasteiger partial charge in [-0.05, 0) is 46.3 Å². The van der Waals surface area contributed by atoms with Gasteiger partial charge in [0.15, 0.2) is 0 Å². The quantitative estimate of drug-likeness (QED) is 0.392. The average molecular weight is 340 g/mol. The number of hydrogen-bond acceptors (Lipinski definition) is 5. The Kier molecular flexibility index (Phi) is 7.69. The largest absolute Gasteiger partial charge is 0.462 e. The van der Waals surface area contributed by atoms with E-state index < -0.39 is 13.6 Å². The molecule has 6 heteroatoms. The van der Waals surface area contributed by atoms with Crippen LogP contribution in [-0.4, -0.2) is 24.8 Å². The average Bonchev–Trinajstić information content (AvgIpc) is 2.44. The first-order valence-electron chi connectivity index (χ1n) is 7.69. The van der Waals surface area contributed by atoms with Crippen molar-refractivity contribution in [2.45, 2.75) is 46.8 Å². The molecule has 23 heavy (non-hydrogen) atoms. The molecule has 0 spiro atoms. The molecule has 0 aliphatic carbocycles. The zero-order chi connectivity index (χ0) is 17.5. The maximum atomic E-state index is 13.2. The van der Waals surface area contributed by atoms with Gasteiger partial charge in [0.25, 0.3) is 0 Å². The van der Waals surface area contributed by atoms with Crippen molar-refractivity contribution in [3.8, 4) is 0 Å². The highest BCUT2D eigenvalue weighted by molar-refractivity contribution is 7.60. The van der Waals surface area contributed by atoms with Gasteiger partial charge in [0.1, 0.15) is 5.31 Å². The highest BCUT2D eigenvalue weighted by Crippen LogP contribution is 2.58. The maximum absolute atomic E-state index is 13.2. The molecule has 1 aromatic carbocycles. The second-order valence-corrected chi connectivity index (χ2v) is 7.36. The molecule has 0 bridgehead atoms. The predicted molar refractivity (Wildman–Crippen MR) is 91.1 cm³/mol. The van der Waals surface area contributed by atoms with Gasteiger partial charge >= 0.3 is 13.6 Å². The van der Waals surface area contributed by atoms with Crippen LogP contribution in [0, 0.1) is 0 Å². The minimum atomic E-state index is -3.81. The summed E-state index contributed by atoms with van der Waals surface area (Å²) >= 11 is 0. The highest BCUT2D eigenvalue weighted by Gasteiger charge is 2.38. The van der Waals surface area contributed by atoms with E-state index in [0.29, 0.717) is 0 Å². The zero-order valence-electron chi connectivity index (χ0n) is 14.3. The molecule has 0 saturated heterocycles. The standard InChI is InChI=1S/C17H25O5P/c1-6-20-17(18)16(12-15-10-8-7-9-11-15)23(19,21-13(2)3)22-14(4)5/h7-14H,6H2,1-5H3/b16-12+. The lowest BCUT2D eigenvalue weighted by atomic mass is 10.2. The molecule has 1 aromatic rings. The first-order chi connectivity index (χ1) is 10.8.